The molecule has 0 saturated heterocycles. The van der Waals surface area contributed by atoms with Gasteiger partial charge in [-0.3, -0.25) is 0 Å². The summed E-state index contributed by atoms with van der Waals surface area (Å²) in [5.74, 6) is -0.893. The second-order valence-corrected chi connectivity index (χ2v) is 4.59. The number of rotatable bonds is 6. The largest absolute Gasteiger partial charge is 0.479 e. The Morgan fingerprint density at radius 3 is 2.84 bits per heavy atom. The minimum atomic E-state index is -0.893. The molecule has 0 saturated carbocycles. The van der Waals surface area contributed by atoms with Crippen molar-refractivity contribution in [2.24, 2.45) is 0 Å². The van der Waals surface area contributed by atoms with Gasteiger partial charge in [0.25, 0.3) is 0 Å². The fraction of sp³-hybridized carbons (Fsp3) is 0.400. The summed E-state index contributed by atoms with van der Waals surface area (Å²) in [5, 5.41) is 10.3. The lowest BCUT2D eigenvalue weighted by Gasteiger charge is -2.13. The molecule has 1 aromatic carbocycles. The van der Waals surface area contributed by atoms with Crippen LogP contribution in [0.2, 0.25) is 0 Å². The van der Waals surface area contributed by atoms with E-state index in [0.29, 0.717) is 19.6 Å². The topological polar surface area (TPSA) is 51.5 Å². The number of ether oxygens (including phenoxy) is 1. The number of carboxylic acids is 1. The van der Waals surface area contributed by atoms with E-state index in [1.165, 1.54) is 10.9 Å². The average Bonchev–Trinajstić information content (AvgIpc) is 2.72. The molecule has 1 heterocycles. The number of nitrogens with zero attached hydrogens (tertiary/aromatic N) is 1. The zero-order chi connectivity index (χ0) is 13.8. The number of hydrogen-bond donors (Lipinski definition) is 1. The second kappa shape index (κ2) is 5.89. The van der Waals surface area contributed by atoms with Crippen molar-refractivity contribution in [3.8, 4) is 0 Å². The Hall–Kier alpha value is -1.81. The summed E-state index contributed by atoms with van der Waals surface area (Å²) in [5.41, 5.74) is 2.35. The van der Waals surface area contributed by atoms with Gasteiger partial charge < -0.3 is 14.4 Å². The van der Waals surface area contributed by atoms with Crippen molar-refractivity contribution in [2.45, 2.75) is 32.9 Å². The van der Waals surface area contributed by atoms with Crippen molar-refractivity contribution in [3.63, 3.8) is 0 Å². The van der Waals surface area contributed by atoms with Gasteiger partial charge in [0.05, 0.1) is 0 Å². The zero-order valence-corrected chi connectivity index (χ0v) is 11.3. The number of fused-ring (bicyclic) bond motifs is 1. The number of para-hydroxylation sites is 1. The maximum atomic E-state index is 11.0. The van der Waals surface area contributed by atoms with E-state index in [2.05, 4.69) is 29.8 Å². The molecular weight excluding hydrogens is 242 g/mol. The molecule has 1 N–H and O–H groups in total. The second-order valence-electron chi connectivity index (χ2n) is 4.59. The highest BCUT2D eigenvalue weighted by Crippen LogP contribution is 2.21. The first kappa shape index (κ1) is 13.6. The molecule has 0 aliphatic heterocycles. The summed E-state index contributed by atoms with van der Waals surface area (Å²) < 4.78 is 7.33. The maximum absolute atomic E-state index is 11.0. The summed E-state index contributed by atoms with van der Waals surface area (Å²) in [6, 6.07) is 8.15. The number of aryl methyl sites for hydroxylation is 2. The number of carbonyl (C=O) groups is 1. The third-order valence-electron chi connectivity index (χ3n) is 3.26. The molecule has 0 radical (unpaired) electrons. The fourth-order valence-electron chi connectivity index (χ4n) is 2.35. The van der Waals surface area contributed by atoms with Crippen LogP contribution in [0.25, 0.3) is 10.9 Å². The van der Waals surface area contributed by atoms with Gasteiger partial charge in [0.1, 0.15) is 0 Å². The molecule has 0 spiro atoms. The molecule has 0 fully saturated rings. The normalized spacial score (nSPS) is 12.7. The number of hydrogen-bond acceptors (Lipinski definition) is 2. The standard InChI is InChI=1S/C15H19NO3/c1-3-19-14(15(17)18)8-9-16-10-11(2)12-6-4-5-7-13(12)16/h4-7,10,14H,3,8-9H2,1-2H3,(H,17,18). The number of benzene rings is 1. The van der Waals surface area contributed by atoms with Gasteiger partial charge in [-0.1, -0.05) is 18.2 Å². The first-order valence-electron chi connectivity index (χ1n) is 6.52. The zero-order valence-electron chi connectivity index (χ0n) is 11.3. The lowest BCUT2D eigenvalue weighted by molar-refractivity contribution is -0.150. The van der Waals surface area contributed by atoms with Gasteiger partial charge in [-0.15, -0.1) is 0 Å². The van der Waals surface area contributed by atoms with Crippen LogP contribution >= 0.6 is 0 Å². The maximum Gasteiger partial charge on any atom is 0.332 e. The van der Waals surface area contributed by atoms with Crippen LogP contribution in [0.4, 0.5) is 0 Å². The van der Waals surface area contributed by atoms with E-state index in [4.69, 9.17) is 9.84 Å². The molecule has 2 aromatic rings. The molecule has 0 amide bonds. The van der Waals surface area contributed by atoms with Crippen molar-refractivity contribution < 1.29 is 14.6 Å². The molecule has 1 atom stereocenters. The molecule has 102 valence electrons. The van der Waals surface area contributed by atoms with Crippen LogP contribution in [-0.4, -0.2) is 28.4 Å². The van der Waals surface area contributed by atoms with Gasteiger partial charge in [0.15, 0.2) is 6.10 Å². The van der Waals surface area contributed by atoms with Crippen LogP contribution in [-0.2, 0) is 16.1 Å². The predicted octanol–water partition coefficient (Wildman–Crippen LogP) is 2.83. The van der Waals surface area contributed by atoms with Gasteiger partial charge in [-0.05, 0) is 25.5 Å². The molecule has 0 bridgehead atoms. The first-order valence-corrected chi connectivity index (χ1v) is 6.52. The molecule has 1 unspecified atom stereocenters. The monoisotopic (exact) mass is 261 g/mol. The minimum Gasteiger partial charge on any atom is -0.479 e. The van der Waals surface area contributed by atoms with Crippen LogP contribution in [0, 0.1) is 6.92 Å². The van der Waals surface area contributed by atoms with Crippen LogP contribution in [0.15, 0.2) is 30.5 Å². The van der Waals surface area contributed by atoms with Crippen LogP contribution in [0.3, 0.4) is 0 Å². The summed E-state index contributed by atoms with van der Waals surface area (Å²) in [7, 11) is 0. The number of aromatic nitrogens is 1. The summed E-state index contributed by atoms with van der Waals surface area (Å²) in [4.78, 5) is 11.0. The molecule has 4 nitrogen and oxygen atoms in total. The third kappa shape index (κ3) is 2.96. The molecule has 19 heavy (non-hydrogen) atoms. The average molecular weight is 261 g/mol. The van der Waals surface area contributed by atoms with Crippen LogP contribution in [0.5, 0.6) is 0 Å². The van der Waals surface area contributed by atoms with Crippen molar-refractivity contribution in [1.82, 2.24) is 4.57 Å². The highest BCUT2D eigenvalue weighted by molar-refractivity contribution is 5.83. The Bertz CT molecular complexity index is 574. The Labute approximate surface area is 112 Å². The number of aliphatic carboxylic acids is 1. The van der Waals surface area contributed by atoms with Crippen molar-refractivity contribution >= 4 is 16.9 Å². The fourth-order valence-corrected chi connectivity index (χ4v) is 2.35. The quantitative estimate of drug-likeness (QED) is 0.870. The molecule has 1 aromatic heterocycles. The molecule has 0 aliphatic rings. The van der Waals surface area contributed by atoms with E-state index < -0.39 is 12.1 Å². The predicted molar refractivity (Wildman–Crippen MR) is 74.3 cm³/mol. The van der Waals surface area contributed by atoms with Gasteiger partial charge in [-0.2, -0.15) is 0 Å². The van der Waals surface area contributed by atoms with Gasteiger partial charge >= 0.3 is 5.97 Å². The molecule has 4 heteroatoms. The number of carboxylic acid groups (broad SMARTS) is 1. The van der Waals surface area contributed by atoms with Gasteiger partial charge in [0, 0.05) is 36.7 Å². The highest BCUT2D eigenvalue weighted by Gasteiger charge is 2.17. The van der Waals surface area contributed by atoms with E-state index in [1.54, 1.807) is 0 Å². The van der Waals surface area contributed by atoms with Gasteiger partial charge in [0.2, 0.25) is 0 Å². The SMILES string of the molecule is CCOC(CCn1cc(C)c2ccccc21)C(=O)O. The van der Waals surface area contributed by atoms with Crippen molar-refractivity contribution in [1.29, 1.82) is 0 Å². The van der Waals surface area contributed by atoms with Gasteiger partial charge in [-0.25, -0.2) is 4.79 Å². The molecular formula is C15H19NO3. The van der Waals surface area contributed by atoms with Crippen LogP contribution in [0.1, 0.15) is 18.9 Å². The van der Waals surface area contributed by atoms with Crippen LogP contribution < -0.4 is 0 Å². The third-order valence-corrected chi connectivity index (χ3v) is 3.26. The van der Waals surface area contributed by atoms with E-state index in [0.717, 1.165) is 5.52 Å². The Morgan fingerprint density at radius 1 is 1.42 bits per heavy atom. The minimum absolute atomic E-state index is 0.419. The Morgan fingerprint density at radius 2 is 2.16 bits per heavy atom. The summed E-state index contributed by atoms with van der Waals surface area (Å²) >= 11 is 0. The van der Waals surface area contributed by atoms with E-state index >= 15 is 0 Å². The first-order chi connectivity index (χ1) is 9.13. The molecule has 0 aliphatic carbocycles. The Kier molecular flexibility index (Phi) is 4.22. The van der Waals surface area contributed by atoms with E-state index in [-0.39, 0.29) is 0 Å². The Balaban J connectivity index is 2.15. The molecule has 2 rings (SSSR count). The van der Waals surface area contributed by atoms with E-state index in [9.17, 15) is 4.79 Å². The summed E-state index contributed by atoms with van der Waals surface area (Å²) in [6.45, 7) is 4.94. The smallest absolute Gasteiger partial charge is 0.332 e. The van der Waals surface area contributed by atoms with E-state index in [1.807, 2.05) is 19.1 Å². The highest BCUT2D eigenvalue weighted by atomic mass is 16.5. The van der Waals surface area contributed by atoms with Crippen molar-refractivity contribution in [3.05, 3.63) is 36.0 Å². The van der Waals surface area contributed by atoms with Crippen molar-refractivity contribution in [2.75, 3.05) is 6.61 Å². The lowest BCUT2D eigenvalue weighted by Crippen LogP contribution is -2.25. The summed E-state index contributed by atoms with van der Waals surface area (Å²) in [6.07, 6.45) is 1.81. The lowest BCUT2D eigenvalue weighted by atomic mass is 10.2.